The second-order valence-electron chi connectivity index (χ2n) is 5.24. The summed E-state index contributed by atoms with van der Waals surface area (Å²) in [4.78, 5) is 1.94. The number of sulfonamides is 1. The highest BCUT2D eigenvalue weighted by Gasteiger charge is 2.21. The number of halogens is 1. The molecule has 0 spiro atoms. The van der Waals surface area contributed by atoms with E-state index in [1.807, 2.05) is 19.0 Å². The number of aryl methyl sites for hydroxylation is 1. The smallest absolute Gasteiger partial charge is 0.243 e. The highest BCUT2D eigenvalue weighted by atomic mass is 32.2. The van der Waals surface area contributed by atoms with E-state index in [4.69, 9.17) is 0 Å². The molecule has 0 bridgehead atoms. The standard InChI is InChI=1S/C14H19FN4O2S/c1-18(2)14(11-5-4-6-12(15)7-11)9-17-22(20,21)13-8-16-19(3)10-13/h4-8,10,14,17H,9H2,1-3H3/t14-/m1/s1. The Bertz CT molecular complexity index is 743. The van der Waals surface area contributed by atoms with Crippen molar-refractivity contribution in [3.63, 3.8) is 0 Å². The van der Waals surface area contributed by atoms with Gasteiger partial charge in [-0.3, -0.25) is 4.68 Å². The van der Waals surface area contributed by atoms with Crippen molar-refractivity contribution in [3.05, 3.63) is 48.0 Å². The Morgan fingerprint density at radius 1 is 1.41 bits per heavy atom. The first kappa shape index (κ1) is 16.6. The van der Waals surface area contributed by atoms with Crippen molar-refractivity contribution in [1.29, 1.82) is 0 Å². The predicted octanol–water partition coefficient (Wildman–Crippen LogP) is 1.14. The van der Waals surface area contributed by atoms with Gasteiger partial charge in [0, 0.05) is 25.8 Å². The Morgan fingerprint density at radius 2 is 2.14 bits per heavy atom. The quantitative estimate of drug-likeness (QED) is 0.864. The monoisotopic (exact) mass is 326 g/mol. The summed E-state index contributed by atoms with van der Waals surface area (Å²) >= 11 is 0. The van der Waals surface area contributed by atoms with Gasteiger partial charge in [0.25, 0.3) is 0 Å². The van der Waals surface area contributed by atoms with E-state index in [0.29, 0.717) is 5.56 Å². The number of likely N-dealkylation sites (N-methyl/N-ethyl adjacent to an activating group) is 1. The van der Waals surface area contributed by atoms with Crippen molar-refractivity contribution >= 4 is 10.0 Å². The van der Waals surface area contributed by atoms with Crippen LogP contribution in [0, 0.1) is 5.82 Å². The number of rotatable bonds is 6. The van der Waals surface area contributed by atoms with Gasteiger partial charge >= 0.3 is 0 Å². The normalized spacial score (nSPS) is 13.5. The lowest BCUT2D eigenvalue weighted by Crippen LogP contribution is -2.34. The van der Waals surface area contributed by atoms with Gasteiger partial charge in [-0.25, -0.2) is 17.5 Å². The van der Waals surface area contributed by atoms with Crippen LogP contribution in [0.15, 0.2) is 41.6 Å². The minimum atomic E-state index is -3.64. The molecular formula is C14H19FN4O2S. The van der Waals surface area contributed by atoms with E-state index >= 15 is 0 Å². The molecule has 0 fully saturated rings. The summed E-state index contributed by atoms with van der Waals surface area (Å²) in [7, 11) is 1.63. The van der Waals surface area contributed by atoms with Crippen molar-refractivity contribution in [2.45, 2.75) is 10.9 Å². The summed E-state index contributed by atoms with van der Waals surface area (Å²) < 4.78 is 41.8. The van der Waals surface area contributed by atoms with Crippen LogP contribution < -0.4 is 4.72 Å². The molecule has 22 heavy (non-hydrogen) atoms. The first-order valence-electron chi connectivity index (χ1n) is 6.70. The Morgan fingerprint density at radius 3 is 2.68 bits per heavy atom. The van der Waals surface area contributed by atoms with E-state index < -0.39 is 10.0 Å². The van der Waals surface area contributed by atoms with Crippen LogP contribution in [0.5, 0.6) is 0 Å². The van der Waals surface area contributed by atoms with Gasteiger partial charge in [-0.1, -0.05) is 12.1 Å². The van der Waals surface area contributed by atoms with E-state index in [1.54, 1.807) is 19.2 Å². The van der Waals surface area contributed by atoms with Crippen molar-refractivity contribution in [2.24, 2.45) is 7.05 Å². The third-order valence-electron chi connectivity index (χ3n) is 3.31. The molecule has 1 atom stereocenters. The van der Waals surface area contributed by atoms with Crippen LogP contribution >= 0.6 is 0 Å². The Kier molecular flexibility index (Phi) is 4.94. The van der Waals surface area contributed by atoms with Crippen LogP contribution in [-0.2, 0) is 17.1 Å². The number of hydrogen-bond acceptors (Lipinski definition) is 4. The van der Waals surface area contributed by atoms with Crippen LogP contribution in [0.3, 0.4) is 0 Å². The molecule has 0 aliphatic heterocycles. The van der Waals surface area contributed by atoms with Gasteiger partial charge in [0.05, 0.1) is 6.20 Å². The van der Waals surface area contributed by atoms with Gasteiger partial charge in [-0.05, 0) is 31.8 Å². The molecular weight excluding hydrogens is 307 g/mol. The molecule has 0 amide bonds. The van der Waals surface area contributed by atoms with Crippen LogP contribution in [0.4, 0.5) is 4.39 Å². The zero-order valence-corrected chi connectivity index (χ0v) is 13.5. The molecule has 0 radical (unpaired) electrons. The summed E-state index contributed by atoms with van der Waals surface area (Å²) in [6.45, 7) is 0.133. The van der Waals surface area contributed by atoms with Crippen LogP contribution in [0.25, 0.3) is 0 Å². The Labute approximate surface area is 129 Å². The van der Waals surface area contributed by atoms with Crippen molar-refractivity contribution in [3.8, 4) is 0 Å². The summed E-state index contributed by atoms with van der Waals surface area (Å²) in [5, 5.41) is 3.85. The topological polar surface area (TPSA) is 67.2 Å². The lowest BCUT2D eigenvalue weighted by molar-refractivity contribution is 0.299. The third kappa shape index (κ3) is 3.90. The molecule has 1 aromatic carbocycles. The first-order valence-corrected chi connectivity index (χ1v) is 8.18. The van der Waals surface area contributed by atoms with E-state index in [1.165, 1.54) is 29.2 Å². The van der Waals surface area contributed by atoms with Gasteiger partial charge in [0.1, 0.15) is 10.7 Å². The van der Waals surface area contributed by atoms with E-state index in [0.717, 1.165) is 0 Å². The fourth-order valence-electron chi connectivity index (χ4n) is 2.12. The lowest BCUT2D eigenvalue weighted by Gasteiger charge is -2.25. The first-order chi connectivity index (χ1) is 10.3. The Hall–Kier alpha value is -1.77. The number of aromatic nitrogens is 2. The van der Waals surface area contributed by atoms with Crippen molar-refractivity contribution < 1.29 is 12.8 Å². The molecule has 0 aliphatic carbocycles. The minimum Gasteiger partial charge on any atom is -0.301 e. The summed E-state index contributed by atoms with van der Waals surface area (Å²) in [6, 6.07) is 5.87. The molecule has 0 unspecified atom stereocenters. The van der Waals surface area contributed by atoms with E-state index in [-0.39, 0.29) is 23.3 Å². The van der Waals surface area contributed by atoms with Crippen LogP contribution in [0.1, 0.15) is 11.6 Å². The molecule has 120 valence electrons. The molecule has 0 saturated heterocycles. The van der Waals surface area contributed by atoms with Crippen molar-refractivity contribution in [1.82, 2.24) is 19.4 Å². The molecule has 8 heteroatoms. The summed E-state index contributed by atoms with van der Waals surface area (Å²) in [5.74, 6) is -0.348. The van der Waals surface area contributed by atoms with Crippen LogP contribution in [0.2, 0.25) is 0 Å². The number of hydrogen-bond donors (Lipinski definition) is 1. The van der Waals surface area contributed by atoms with Gasteiger partial charge < -0.3 is 4.90 Å². The highest BCUT2D eigenvalue weighted by Crippen LogP contribution is 2.19. The zero-order chi connectivity index (χ0) is 16.3. The Balaban J connectivity index is 2.16. The van der Waals surface area contributed by atoms with Gasteiger partial charge in [-0.2, -0.15) is 5.10 Å². The number of benzene rings is 1. The molecule has 1 heterocycles. The summed E-state index contributed by atoms with van der Waals surface area (Å²) in [6.07, 6.45) is 2.71. The number of nitrogens with zero attached hydrogens (tertiary/aromatic N) is 3. The highest BCUT2D eigenvalue weighted by molar-refractivity contribution is 7.89. The van der Waals surface area contributed by atoms with Gasteiger partial charge in [0.2, 0.25) is 10.0 Å². The maximum Gasteiger partial charge on any atom is 0.243 e. The fraction of sp³-hybridized carbons (Fsp3) is 0.357. The number of nitrogens with one attached hydrogen (secondary N) is 1. The zero-order valence-electron chi connectivity index (χ0n) is 12.7. The average Bonchev–Trinajstić information content (AvgIpc) is 2.86. The molecule has 2 aromatic rings. The van der Waals surface area contributed by atoms with Crippen molar-refractivity contribution in [2.75, 3.05) is 20.6 Å². The second-order valence-corrected chi connectivity index (χ2v) is 7.00. The molecule has 6 nitrogen and oxygen atoms in total. The predicted molar refractivity (Wildman–Crippen MR) is 81.2 cm³/mol. The van der Waals surface area contributed by atoms with E-state index in [9.17, 15) is 12.8 Å². The average molecular weight is 326 g/mol. The second kappa shape index (κ2) is 6.55. The van der Waals surface area contributed by atoms with Crippen LogP contribution in [-0.4, -0.2) is 43.7 Å². The van der Waals surface area contributed by atoms with E-state index in [2.05, 4.69) is 9.82 Å². The largest absolute Gasteiger partial charge is 0.301 e. The minimum absolute atomic E-state index is 0.103. The molecule has 1 aromatic heterocycles. The SMILES string of the molecule is CN(C)[C@H](CNS(=O)(=O)c1cnn(C)c1)c1cccc(F)c1. The summed E-state index contributed by atoms with van der Waals surface area (Å²) in [5.41, 5.74) is 0.707. The van der Waals surface area contributed by atoms with Gasteiger partial charge in [0.15, 0.2) is 0 Å². The molecule has 2 rings (SSSR count). The molecule has 1 N–H and O–H groups in total. The maximum atomic E-state index is 13.4. The maximum absolute atomic E-state index is 13.4. The fourth-order valence-corrected chi connectivity index (χ4v) is 3.14. The third-order valence-corrected chi connectivity index (χ3v) is 4.69. The van der Waals surface area contributed by atoms with Gasteiger partial charge in [-0.15, -0.1) is 0 Å². The molecule has 0 saturated carbocycles. The lowest BCUT2D eigenvalue weighted by atomic mass is 10.1. The molecule has 0 aliphatic rings.